The number of alkyl halides is 3. The average molecular weight is 781 g/mol. The van der Waals surface area contributed by atoms with Crippen molar-refractivity contribution in [2.75, 3.05) is 0 Å². The molecule has 0 saturated heterocycles. The molecule has 6 rings (SSSR count). The molecule has 298 valence electrons. The molecule has 3 N–H and O–H groups in total. The molecule has 3 aliphatic rings. The fraction of sp³-hybridized carbons (Fsp3) is 0.333. The van der Waals surface area contributed by atoms with Crippen LogP contribution in [0, 0.1) is 5.92 Å². The monoisotopic (exact) mass is 780 g/mol. The number of cyclic esters (lactones) is 3. The van der Waals surface area contributed by atoms with Crippen LogP contribution < -0.4 is 0 Å². The molecule has 0 aliphatic carbocycles. The Morgan fingerprint density at radius 3 is 1.50 bits per heavy atom. The van der Waals surface area contributed by atoms with Crippen LogP contribution in [-0.4, -0.2) is 81.9 Å². The molecule has 0 radical (unpaired) electrons. The van der Waals surface area contributed by atoms with Gasteiger partial charge in [0.2, 0.25) is 0 Å². The van der Waals surface area contributed by atoms with Crippen molar-refractivity contribution in [2.24, 2.45) is 5.92 Å². The Hall–Kier alpha value is -5.57. The summed E-state index contributed by atoms with van der Waals surface area (Å²) < 4.78 is 62.2. The van der Waals surface area contributed by atoms with Crippen molar-refractivity contribution in [2.45, 2.75) is 81.5 Å². The lowest BCUT2D eigenvalue weighted by atomic mass is 9.92. The minimum atomic E-state index is -1.77. The van der Waals surface area contributed by atoms with Crippen molar-refractivity contribution in [3.63, 3.8) is 0 Å². The highest BCUT2D eigenvalue weighted by atomic mass is 19.1. The van der Waals surface area contributed by atoms with Gasteiger partial charge in [0.1, 0.15) is 30.5 Å². The third-order valence-electron chi connectivity index (χ3n) is 8.80. The van der Waals surface area contributed by atoms with Crippen LogP contribution in [-0.2, 0) is 38.1 Å². The summed E-state index contributed by atoms with van der Waals surface area (Å²) in [4.78, 5) is 44.4. The first-order chi connectivity index (χ1) is 26.8. The fourth-order valence-electron chi connectivity index (χ4n) is 5.85. The largest absolute Gasteiger partial charge is 0.456 e. The molecule has 3 aromatic rings. The number of hydrogen-bond acceptors (Lipinski definition) is 11. The van der Waals surface area contributed by atoms with Gasteiger partial charge < -0.3 is 34.3 Å². The first-order valence-electron chi connectivity index (χ1n) is 17.7. The van der Waals surface area contributed by atoms with Crippen molar-refractivity contribution >= 4 is 23.9 Å². The maximum absolute atomic E-state index is 14.3. The molecule has 3 aliphatic heterocycles. The second-order valence-corrected chi connectivity index (χ2v) is 13.0. The normalized spacial score (nSPS) is 24.5. The van der Waals surface area contributed by atoms with E-state index in [1.54, 1.807) is 97.9 Å². The average Bonchev–Trinajstić information content (AvgIpc) is 3.22. The van der Waals surface area contributed by atoms with E-state index in [0.717, 1.165) is 6.08 Å². The summed E-state index contributed by atoms with van der Waals surface area (Å²) in [6, 6.07) is 24.7. The minimum Gasteiger partial charge on any atom is -0.456 e. The molecule has 3 aromatic carbocycles. The van der Waals surface area contributed by atoms with Crippen LogP contribution in [0.15, 0.2) is 127 Å². The van der Waals surface area contributed by atoms with Crippen molar-refractivity contribution < 1.29 is 66.6 Å². The summed E-state index contributed by atoms with van der Waals surface area (Å²) in [5.41, 5.74) is 1.01. The van der Waals surface area contributed by atoms with Gasteiger partial charge in [-0.2, -0.15) is 0 Å². The lowest BCUT2D eigenvalue weighted by Crippen LogP contribution is -2.46. The van der Waals surface area contributed by atoms with Crippen LogP contribution in [0.3, 0.4) is 0 Å². The topological polar surface area (TPSA) is 166 Å². The highest BCUT2D eigenvalue weighted by molar-refractivity contribution is 5.84. The van der Waals surface area contributed by atoms with Gasteiger partial charge in [0.05, 0.1) is 0 Å². The number of halogens is 3. The number of aliphatic hydroxyl groups is 3. The summed E-state index contributed by atoms with van der Waals surface area (Å²) >= 11 is 0. The number of esters is 4. The van der Waals surface area contributed by atoms with E-state index in [-0.39, 0.29) is 11.5 Å². The van der Waals surface area contributed by atoms with E-state index in [2.05, 4.69) is 0 Å². The molecule has 0 amide bonds. The van der Waals surface area contributed by atoms with Gasteiger partial charge in [-0.3, -0.25) is 4.79 Å². The molecular formula is C42H43F3O11. The molecule has 3 heterocycles. The smallest absolute Gasteiger partial charge is 0.331 e. The Kier molecular flexibility index (Phi) is 16.1. The van der Waals surface area contributed by atoms with Crippen LogP contribution in [0.2, 0.25) is 0 Å². The summed E-state index contributed by atoms with van der Waals surface area (Å²) in [6.45, 7) is 2.95. The molecule has 0 spiro atoms. The summed E-state index contributed by atoms with van der Waals surface area (Å²) in [5, 5.41) is 29.9. The van der Waals surface area contributed by atoms with Crippen LogP contribution >= 0.6 is 0 Å². The Morgan fingerprint density at radius 2 is 1.04 bits per heavy atom. The predicted octanol–water partition coefficient (Wildman–Crippen LogP) is 5.58. The number of rotatable bonds is 10. The molecule has 0 fully saturated rings. The Bertz CT molecular complexity index is 1820. The zero-order valence-corrected chi connectivity index (χ0v) is 30.4. The standard InChI is InChI=1S/C15H15FO5.C14H15FO3.C13H13FO3/c1-9(17)20-11-7-8-12(18)21-15(11)14(19)13(16)10-5-3-2-4-6-10;1-9-7-8-11(16)18-14(9)13(17)12(15)10-5-3-2-4-6-10;14-12(9-5-2-1-3-6-9)13(16)10-7-4-8-11(15)17-10/h2-8,11,13-15,19H,1H3;2-9,12-14,17H,1H3;1-6,8,10,12-13,16H,7H2. The number of carbonyl (C=O) groups excluding carboxylic acids is 4. The zero-order valence-electron chi connectivity index (χ0n) is 30.4. The summed E-state index contributed by atoms with van der Waals surface area (Å²) in [6.07, 6.45) is -4.76. The number of ether oxygens (including phenoxy) is 4. The van der Waals surface area contributed by atoms with E-state index in [4.69, 9.17) is 18.9 Å². The SMILES string of the molecule is CC(=O)OC1C=CC(=O)OC1C(O)C(F)c1ccccc1.CC1C=CC(=O)OC1C(O)C(F)c1ccccc1.O=C1C=CCC(C(O)C(F)c2ccccc2)O1. The van der Waals surface area contributed by atoms with Crippen LogP contribution in [0.5, 0.6) is 0 Å². The third-order valence-corrected chi connectivity index (χ3v) is 8.80. The molecule has 56 heavy (non-hydrogen) atoms. The highest BCUT2D eigenvalue weighted by Crippen LogP contribution is 2.31. The second kappa shape index (κ2) is 20.9. The van der Waals surface area contributed by atoms with Gasteiger partial charge >= 0.3 is 23.9 Å². The first kappa shape index (κ1) is 43.2. The molecule has 0 bridgehead atoms. The predicted molar refractivity (Wildman–Crippen MR) is 195 cm³/mol. The molecule has 0 aromatic heterocycles. The van der Waals surface area contributed by atoms with E-state index >= 15 is 0 Å². The van der Waals surface area contributed by atoms with Gasteiger partial charge in [0.15, 0.2) is 30.7 Å². The maximum Gasteiger partial charge on any atom is 0.331 e. The van der Waals surface area contributed by atoms with E-state index in [0.29, 0.717) is 17.5 Å². The van der Waals surface area contributed by atoms with Gasteiger partial charge in [0.25, 0.3) is 0 Å². The van der Waals surface area contributed by atoms with Gasteiger partial charge in [-0.05, 0) is 22.8 Å². The number of hydrogen-bond donors (Lipinski definition) is 3. The number of benzene rings is 3. The first-order valence-corrected chi connectivity index (χ1v) is 17.7. The molecule has 0 saturated carbocycles. The molecular weight excluding hydrogens is 737 g/mol. The van der Waals surface area contributed by atoms with Crippen LogP contribution in [0.1, 0.15) is 55.5 Å². The zero-order chi connectivity index (χ0) is 40.8. The molecule has 11 atom stereocenters. The maximum atomic E-state index is 14.3. The third kappa shape index (κ3) is 12.2. The van der Waals surface area contributed by atoms with Gasteiger partial charge in [-0.25, -0.2) is 27.6 Å². The molecule has 14 heteroatoms. The minimum absolute atomic E-state index is 0.209. The van der Waals surface area contributed by atoms with E-state index in [9.17, 15) is 47.7 Å². The van der Waals surface area contributed by atoms with Gasteiger partial charge in [-0.1, -0.05) is 110 Å². The van der Waals surface area contributed by atoms with Crippen molar-refractivity contribution in [1.82, 2.24) is 0 Å². The molecule has 11 nitrogen and oxygen atoms in total. The lowest BCUT2D eigenvalue weighted by molar-refractivity contribution is -0.174. The summed E-state index contributed by atoms with van der Waals surface area (Å²) in [5.74, 6) is -2.63. The number of carbonyl (C=O) groups is 4. The van der Waals surface area contributed by atoms with E-state index in [1.807, 2.05) is 0 Å². The van der Waals surface area contributed by atoms with E-state index in [1.165, 1.54) is 37.3 Å². The Morgan fingerprint density at radius 1 is 0.625 bits per heavy atom. The van der Waals surface area contributed by atoms with Crippen molar-refractivity contribution in [1.29, 1.82) is 0 Å². The Balaban J connectivity index is 0.000000188. The van der Waals surface area contributed by atoms with Crippen LogP contribution in [0.25, 0.3) is 0 Å². The quantitative estimate of drug-likeness (QED) is 0.174. The lowest BCUT2D eigenvalue weighted by Gasteiger charge is -2.31. The highest BCUT2D eigenvalue weighted by Gasteiger charge is 2.40. The molecule has 11 unspecified atom stereocenters. The van der Waals surface area contributed by atoms with Gasteiger partial charge in [0, 0.05) is 37.5 Å². The number of aliphatic hydroxyl groups excluding tert-OH is 3. The van der Waals surface area contributed by atoms with Crippen molar-refractivity contribution in [3.05, 3.63) is 144 Å². The van der Waals surface area contributed by atoms with E-state index < -0.39 is 85.1 Å². The summed E-state index contributed by atoms with van der Waals surface area (Å²) in [7, 11) is 0. The van der Waals surface area contributed by atoms with Crippen LogP contribution in [0.4, 0.5) is 13.2 Å². The second-order valence-electron chi connectivity index (χ2n) is 13.0. The van der Waals surface area contributed by atoms with Gasteiger partial charge in [-0.15, -0.1) is 0 Å². The van der Waals surface area contributed by atoms with Crippen molar-refractivity contribution in [3.8, 4) is 0 Å². The Labute approximate surface area is 321 Å². The fourth-order valence-corrected chi connectivity index (χ4v) is 5.85.